The molecule has 0 aromatic carbocycles. The standard InChI is InChI=1S/C18H29N5O/c1-21-13-17(9-19-21)22-8-4-7-16(12-22)20-18(24)23-10-14-5-2-3-6-15(14)11-23/h9,13-16H,2-8,10-12H2,1H3,(H,20,24). The Kier molecular flexibility index (Phi) is 4.37. The van der Waals surface area contributed by atoms with Crippen molar-refractivity contribution in [3.05, 3.63) is 12.4 Å². The van der Waals surface area contributed by atoms with Crippen molar-refractivity contribution in [3.8, 4) is 0 Å². The molecule has 1 aromatic rings. The molecule has 1 saturated carbocycles. The summed E-state index contributed by atoms with van der Waals surface area (Å²) in [6.45, 7) is 3.87. The second-order valence-electron chi connectivity index (χ2n) is 7.82. The van der Waals surface area contributed by atoms with Crippen LogP contribution in [0, 0.1) is 11.8 Å². The van der Waals surface area contributed by atoms with Gasteiger partial charge >= 0.3 is 6.03 Å². The smallest absolute Gasteiger partial charge is 0.317 e. The molecule has 2 aliphatic heterocycles. The molecule has 6 nitrogen and oxygen atoms in total. The zero-order valence-corrected chi connectivity index (χ0v) is 14.7. The van der Waals surface area contributed by atoms with E-state index >= 15 is 0 Å². The molecule has 1 N–H and O–H groups in total. The van der Waals surface area contributed by atoms with E-state index < -0.39 is 0 Å². The lowest BCUT2D eigenvalue weighted by Gasteiger charge is -2.34. The Morgan fingerprint density at radius 2 is 1.88 bits per heavy atom. The first-order chi connectivity index (χ1) is 11.7. The Morgan fingerprint density at radius 1 is 1.12 bits per heavy atom. The van der Waals surface area contributed by atoms with Gasteiger partial charge in [0.15, 0.2) is 0 Å². The number of fused-ring (bicyclic) bond motifs is 1. The lowest BCUT2D eigenvalue weighted by Crippen LogP contribution is -2.51. The first-order valence-corrected chi connectivity index (χ1v) is 9.48. The van der Waals surface area contributed by atoms with Crippen molar-refractivity contribution in [3.63, 3.8) is 0 Å². The molecule has 24 heavy (non-hydrogen) atoms. The van der Waals surface area contributed by atoms with E-state index in [9.17, 15) is 4.79 Å². The van der Waals surface area contributed by atoms with E-state index in [-0.39, 0.29) is 12.1 Å². The third kappa shape index (κ3) is 3.23. The van der Waals surface area contributed by atoms with Gasteiger partial charge in [-0.3, -0.25) is 4.68 Å². The van der Waals surface area contributed by atoms with Crippen LogP contribution in [-0.2, 0) is 7.05 Å². The maximum absolute atomic E-state index is 12.7. The number of hydrogen-bond donors (Lipinski definition) is 1. The van der Waals surface area contributed by atoms with Gasteiger partial charge in [0.25, 0.3) is 0 Å². The monoisotopic (exact) mass is 331 g/mol. The topological polar surface area (TPSA) is 53.4 Å². The molecule has 132 valence electrons. The van der Waals surface area contributed by atoms with Gasteiger partial charge < -0.3 is 15.1 Å². The van der Waals surface area contributed by atoms with Crippen LogP contribution < -0.4 is 10.2 Å². The first kappa shape index (κ1) is 15.8. The number of aryl methyl sites for hydroxylation is 1. The summed E-state index contributed by atoms with van der Waals surface area (Å²) in [5, 5.41) is 7.56. The number of urea groups is 1. The van der Waals surface area contributed by atoms with Crippen LogP contribution in [0.2, 0.25) is 0 Å². The fraction of sp³-hybridized carbons (Fsp3) is 0.778. The maximum atomic E-state index is 12.7. The number of aromatic nitrogens is 2. The Balaban J connectivity index is 1.32. The Labute approximate surface area is 144 Å². The second-order valence-corrected chi connectivity index (χ2v) is 7.82. The average molecular weight is 331 g/mol. The van der Waals surface area contributed by atoms with Gasteiger partial charge in [0.05, 0.1) is 11.9 Å². The highest BCUT2D eigenvalue weighted by Crippen LogP contribution is 2.36. The molecule has 0 radical (unpaired) electrons. The van der Waals surface area contributed by atoms with Gasteiger partial charge in [0.1, 0.15) is 0 Å². The molecule has 4 rings (SSSR count). The normalized spacial score (nSPS) is 30.3. The van der Waals surface area contributed by atoms with Gasteiger partial charge in [-0.2, -0.15) is 5.10 Å². The van der Waals surface area contributed by atoms with Gasteiger partial charge in [0.2, 0.25) is 0 Å². The summed E-state index contributed by atoms with van der Waals surface area (Å²) in [6.07, 6.45) is 11.5. The summed E-state index contributed by atoms with van der Waals surface area (Å²) < 4.78 is 1.84. The minimum atomic E-state index is 0.155. The minimum Gasteiger partial charge on any atom is -0.367 e. The van der Waals surface area contributed by atoms with E-state index in [1.165, 1.54) is 25.7 Å². The third-order valence-electron chi connectivity index (χ3n) is 6.07. The molecule has 0 bridgehead atoms. The summed E-state index contributed by atoms with van der Waals surface area (Å²) in [4.78, 5) is 17.1. The minimum absolute atomic E-state index is 0.155. The van der Waals surface area contributed by atoms with Gasteiger partial charge in [0, 0.05) is 45.5 Å². The van der Waals surface area contributed by atoms with Crippen molar-refractivity contribution in [1.29, 1.82) is 0 Å². The van der Waals surface area contributed by atoms with Crippen LogP contribution in [0.1, 0.15) is 38.5 Å². The predicted octanol–water partition coefficient (Wildman–Crippen LogP) is 2.22. The van der Waals surface area contributed by atoms with Gasteiger partial charge in [-0.25, -0.2) is 4.79 Å². The van der Waals surface area contributed by atoms with Gasteiger partial charge in [-0.15, -0.1) is 0 Å². The number of rotatable bonds is 2. The lowest BCUT2D eigenvalue weighted by atomic mass is 9.82. The molecule has 1 aliphatic carbocycles. The molecule has 3 atom stereocenters. The SMILES string of the molecule is Cn1cc(N2CCCC(NC(=O)N3CC4CCCCC4C3)C2)cn1. The maximum Gasteiger partial charge on any atom is 0.317 e. The van der Waals surface area contributed by atoms with Crippen molar-refractivity contribution < 1.29 is 4.79 Å². The van der Waals surface area contributed by atoms with Crippen molar-refractivity contribution >= 4 is 11.7 Å². The fourth-order valence-electron chi connectivity index (χ4n) is 4.74. The highest BCUT2D eigenvalue weighted by molar-refractivity contribution is 5.75. The third-order valence-corrected chi connectivity index (χ3v) is 6.07. The highest BCUT2D eigenvalue weighted by Gasteiger charge is 2.37. The van der Waals surface area contributed by atoms with Crippen molar-refractivity contribution in [2.75, 3.05) is 31.1 Å². The second kappa shape index (κ2) is 6.65. The Bertz CT molecular complexity index is 572. The number of nitrogens with one attached hydrogen (secondary N) is 1. The van der Waals surface area contributed by atoms with Crippen LogP contribution in [-0.4, -0.2) is 52.9 Å². The van der Waals surface area contributed by atoms with Crippen LogP contribution in [0.15, 0.2) is 12.4 Å². The van der Waals surface area contributed by atoms with E-state index in [0.717, 1.165) is 56.5 Å². The molecule has 0 spiro atoms. The summed E-state index contributed by atoms with van der Waals surface area (Å²) in [7, 11) is 1.94. The first-order valence-electron chi connectivity index (χ1n) is 9.48. The molecular weight excluding hydrogens is 302 g/mol. The Hall–Kier alpha value is -1.72. The van der Waals surface area contributed by atoms with Crippen LogP contribution in [0.3, 0.4) is 0 Å². The van der Waals surface area contributed by atoms with Crippen LogP contribution in [0.5, 0.6) is 0 Å². The molecule has 1 aromatic heterocycles. The predicted molar refractivity (Wildman–Crippen MR) is 94.0 cm³/mol. The number of piperidine rings is 1. The number of carbonyl (C=O) groups is 1. The van der Waals surface area contributed by atoms with Crippen molar-refractivity contribution in [1.82, 2.24) is 20.0 Å². The molecular formula is C18H29N5O. The average Bonchev–Trinajstić information content (AvgIpc) is 3.21. The molecule has 3 heterocycles. The Morgan fingerprint density at radius 3 is 2.54 bits per heavy atom. The van der Waals surface area contributed by atoms with Gasteiger partial charge in [-0.05, 0) is 37.5 Å². The quantitative estimate of drug-likeness (QED) is 0.904. The van der Waals surface area contributed by atoms with E-state index in [2.05, 4.69) is 26.4 Å². The lowest BCUT2D eigenvalue weighted by molar-refractivity contribution is 0.200. The summed E-state index contributed by atoms with van der Waals surface area (Å²) in [5.74, 6) is 1.51. The van der Waals surface area contributed by atoms with Crippen molar-refractivity contribution in [2.24, 2.45) is 18.9 Å². The molecule has 2 amide bonds. The highest BCUT2D eigenvalue weighted by atomic mass is 16.2. The molecule has 6 heteroatoms. The number of carbonyl (C=O) groups excluding carboxylic acids is 1. The summed E-state index contributed by atoms with van der Waals surface area (Å²) >= 11 is 0. The number of anilines is 1. The summed E-state index contributed by atoms with van der Waals surface area (Å²) in [6, 6.07) is 0.400. The van der Waals surface area contributed by atoms with Gasteiger partial charge in [-0.1, -0.05) is 12.8 Å². The zero-order chi connectivity index (χ0) is 16.5. The number of nitrogens with zero attached hydrogens (tertiary/aromatic N) is 4. The van der Waals surface area contributed by atoms with E-state index in [1.54, 1.807) is 0 Å². The van der Waals surface area contributed by atoms with Crippen molar-refractivity contribution in [2.45, 2.75) is 44.6 Å². The molecule has 3 fully saturated rings. The largest absolute Gasteiger partial charge is 0.367 e. The van der Waals surface area contributed by atoms with Crippen LogP contribution in [0.25, 0.3) is 0 Å². The van der Waals surface area contributed by atoms with E-state index in [0.29, 0.717) is 0 Å². The molecule has 3 unspecified atom stereocenters. The molecule has 2 saturated heterocycles. The van der Waals surface area contributed by atoms with E-state index in [1.807, 2.05) is 17.9 Å². The fourth-order valence-corrected chi connectivity index (χ4v) is 4.74. The summed E-state index contributed by atoms with van der Waals surface area (Å²) in [5.41, 5.74) is 1.16. The van der Waals surface area contributed by atoms with E-state index in [4.69, 9.17) is 0 Å². The number of amides is 2. The van der Waals surface area contributed by atoms with Crippen LogP contribution in [0.4, 0.5) is 10.5 Å². The number of likely N-dealkylation sites (tertiary alicyclic amines) is 1. The van der Waals surface area contributed by atoms with Crippen LogP contribution >= 0.6 is 0 Å². The number of hydrogen-bond acceptors (Lipinski definition) is 3. The zero-order valence-electron chi connectivity index (χ0n) is 14.7. The molecule has 3 aliphatic rings.